The van der Waals surface area contributed by atoms with E-state index < -0.39 is 17.8 Å². The third-order valence-corrected chi connectivity index (χ3v) is 3.49. The fourth-order valence-corrected chi connectivity index (χ4v) is 2.43. The van der Waals surface area contributed by atoms with Gasteiger partial charge in [-0.1, -0.05) is 23.2 Å². The van der Waals surface area contributed by atoms with Crippen LogP contribution in [0.4, 0.5) is 10.1 Å². The van der Waals surface area contributed by atoms with Gasteiger partial charge in [-0.3, -0.25) is 4.79 Å². The molecule has 1 amide bonds. The van der Waals surface area contributed by atoms with Crippen LogP contribution in [0.2, 0.25) is 10.0 Å². The second-order valence-electron chi connectivity index (χ2n) is 4.66. The van der Waals surface area contributed by atoms with Gasteiger partial charge in [0.15, 0.2) is 0 Å². The molecule has 2 rings (SSSR count). The highest BCUT2D eigenvalue weighted by molar-refractivity contribution is 6.33. The van der Waals surface area contributed by atoms with Crippen molar-refractivity contribution in [1.29, 1.82) is 0 Å². The van der Waals surface area contributed by atoms with Crippen LogP contribution < -0.4 is 11.1 Å². The highest BCUT2D eigenvalue weighted by Gasteiger charge is 2.21. The van der Waals surface area contributed by atoms with Gasteiger partial charge in [-0.2, -0.15) is 0 Å². The summed E-state index contributed by atoms with van der Waals surface area (Å²) in [5.74, 6) is -1.04. The fourth-order valence-electron chi connectivity index (χ4n) is 2.02. The molecule has 0 aliphatic rings. The topological polar surface area (TPSA) is 55.1 Å². The molecular weight excluding hydrogens is 314 g/mol. The summed E-state index contributed by atoms with van der Waals surface area (Å²) in [4.78, 5) is 11.7. The highest BCUT2D eigenvalue weighted by atomic mass is 35.5. The van der Waals surface area contributed by atoms with Crippen molar-refractivity contribution in [3.8, 4) is 0 Å². The molecule has 1 atom stereocenters. The van der Waals surface area contributed by atoms with Crippen LogP contribution in [0.25, 0.3) is 0 Å². The first-order valence-electron chi connectivity index (χ1n) is 6.15. The van der Waals surface area contributed by atoms with E-state index in [1.165, 1.54) is 12.1 Å². The van der Waals surface area contributed by atoms with E-state index >= 15 is 0 Å². The minimum absolute atomic E-state index is 0.351. The Morgan fingerprint density at radius 2 is 1.95 bits per heavy atom. The quantitative estimate of drug-likeness (QED) is 0.889. The monoisotopic (exact) mass is 326 g/mol. The minimum atomic E-state index is -0.905. The van der Waals surface area contributed by atoms with Gasteiger partial charge in [-0.15, -0.1) is 0 Å². The van der Waals surface area contributed by atoms with Crippen LogP contribution in [0, 0.1) is 12.7 Å². The number of nitrogens with one attached hydrogen (secondary N) is 1. The number of nitrogens with two attached hydrogens (primary N) is 1. The molecule has 1 unspecified atom stereocenters. The SMILES string of the molecule is Cc1cc(F)cc(NC(C(N)=O)c2cc(Cl)ccc2Cl)c1. The van der Waals surface area contributed by atoms with Crippen LogP contribution >= 0.6 is 23.2 Å². The molecule has 0 heterocycles. The normalized spacial score (nSPS) is 12.0. The summed E-state index contributed by atoms with van der Waals surface area (Å²) in [6.07, 6.45) is 0. The first-order valence-corrected chi connectivity index (χ1v) is 6.90. The van der Waals surface area contributed by atoms with E-state index in [4.69, 9.17) is 28.9 Å². The largest absolute Gasteiger partial charge is 0.370 e. The van der Waals surface area contributed by atoms with E-state index in [9.17, 15) is 9.18 Å². The lowest BCUT2D eigenvalue weighted by molar-refractivity contribution is -0.118. The Morgan fingerprint density at radius 1 is 1.24 bits per heavy atom. The van der Waals surface area contributed by atoms with Gasteiger partial charge in [-0.25, -0.2) is 4.39 Å². The number of aryl methyl sites for hydroxylation is 1. The smallest absolute Gasteiger partial charge is 0.244 e. The number of primary amides is 1. The predicted octanol–water partition coefficient (Wildman–Crippen LogP) is 4.08. The van der Waals surface area contributed by atoms with Crippen molar-refractivity contribution in [2.45, 2.75) is 13.0 Å². The van der Waals surface area contributed by atoms with Crippen LogP contribution in [-0.2, 0) is 4.79 Å². The summed E-state index contributed by atoms with van der Waals surface area (Å²) in [5.41, 5.74) is 7.02. The summed E-state index contributed by atoms with van der Waals surface area (Å²) >= 11 is 12.0. The van der Waals surface area contributed by atoms with E-state index in [0.717, 1.165) is 5.56 Å². The van der Waals surface area contributed by atoms with Crippen molar-refractivity contribution in [2.24, 2.45) is 5.73 Å². The third-order valence-electron chi connectivity index (χ3n) is 2.91. The summed E-state index contributed by atoms with van der Waals surface area (Å²) < 4.78 is 13.4. The maximum Gasteiger partial charge on any atom is 0.244 e. The molecule has 0 saturated heterocycles. The average molecular weight is 327 g/mol. The van der Waals surface area contributed by atoms with Crippen LogP contribution in [0.1, 0.15) is 17.2 Å². The molecule has 2 aromatic carbocycles. The van der Waals surface area contributed by atoms with Gasteiger partial charge < -0.3 is 11.1 Å². The van der Waals surface area contributed by atoms with Gasteiger partial charge >= 0.3 is 0 Å². The standard InChI is InChI=1S/C15H13Cl2FN2O/c1-8-4-10(18)7-11(5-8)20-14(15(19)21)12-6-9(16)2-3-13(12)17/h2-7,14,20H,1H3,(H2,19,21). The summed E-state index contributed by atoms with van der Waals surface area (Å²) in [7, 11) is 0. The number of carbonyl (C=O) groups excluding carboxylic acids is 1. The maximum atomic E-state index is 13.4. The van der Waals surface area contributed by atoms with E-state index in [1.807, 2.05) is 0 Å². The van der Waals surface area contributed by atoms with Crippen LogP contribution in [0.15, 0.2) is 36.4 Å². The zero-order chi connectivity index (χ0) is 15.6. The van der Waals surface area contributed by atoms with Crippen molar-refractivity contribution in [3.63, 3.8) is 0 Å². The molecule has 3 nitrogen and oxygen atoms in total. The Hall–Kier alpha value is -1.78. The molecule has 21 heavy (non-hydrogen) atoms. The lowest BCUT2D eigenvalue weighted by Gasteiger charge is -2.19. The van der Waals surface area contributed by atoms with Gasteiger partial charge in [0.05, 0.1) is 0 Å². The summed E-state index contributed by atoms with van der Waals surface area (Å²) in [5, 5.41) is 3.67. The summed E-state index contributed by atoms with van der Waals surface area (Å²) in [6, 6.07) is 8.21. The second kappa shape index (κ2) is 6.33. The molecule has 0 aliphatic carbocycles. The number of rotatable bonds is 4. The highest BCUT2D eigenvalue weighted by Crippen LogP contribution is 2.29. The molecule has 0 bridgehead atoms. The van der Waals surface area contributed by atoms with Gasteiger partial charge in [0, 0.05) is 21.3 Å². The summed E-state index contributed by atoms with van der Waals surface area (Å²) in [6.45, 7) is 1.75. The Labute approximate surface area is 131 Å². The van der Waals surface area contributed by atoms with Crippen molar-refractivity contribution in [2.75, 3.05) is 5.32 Å². The van der Waals surface area contributed by atoms with Crippen LogP contribution in [-0.4, -0.2) is 5.91 Å². The van der Waals surface area contributed by atoms with Crippen molar-refractivity contribution in [1.82, 2.24) is 0 Å². The van der Waals surface area contributed by atoms with Crippen molar-refractivity contribution in [3.05, 3.63) is 63.4 Å². The number of halogens is 3. The van der Waals surface area contributed by atoms with Gasteiger partial charge in [0.25, 0.3) is 0 Å². The number of carbonyl (C=O) groups is 1. The number of benzene rings is 2. The molecule has 0 radical (unpaired) electrons. The van der Waals surface area contributed by atoms with Gasteiger partial charge in [0.1, 0.15) is 11.9 Å². The molecule has 3 N–H and O–H groups in total. The van der Waals surface area contributed by atoms with Crippen LogP contribution in [0.5, 0.6) is 0 Å². The number of hydrogen-bond donors (Lipinski definition) is 2. The van der Waals surface area contributed by atoms with E-state index in [-0.39, 0.29) is 0 Å². The fraction of sp³-hybridized carbons (Fsp3) is 0.133. The molecule has 2 aromatic rings. The Bertz CT molecular complexity index is 671. The molecule has 110 valence electrons. The first-order chi connectivity index (χ1) is 9.86. The minimum Gasteiger partial charge on any atom is -0.370 e. The van der Waals surface area contributed by atoms with Crippen molar-refractivity contribution >= 4 is 34.8 Å². The second-order valence-corrected chi connectivity index (χ2v) is 5.51. The number of anilines is 1. The molecule has 0 spiro atoms. The van der Waals surface area contributed by atoms with Crippen molar-refractivity contribution < 1.29 is 9.18 Å². The lowest BCUT2D eigenvalue weighted by Crippen LogP contribution is -2.28. The zero-order valence-corrected chi connectivity index (χ0v) is 12.7. The number of hydrogen-bond acceptors (Lipinski definition) is 2. The van der Waals surface area contributed by atoms with Gasteiger partial charge in [-0.05, 0) is 48.9 Å². The molecule has 0 fully saturated rings. The average Bonchev–Trinajstić information content (AvgIpc) is 2.37. The molecule has 6 heteroatoms. The predicted molar refractivity (Wildman–Crippen MR) is 83.2 cm³/mol. The Morgan fingerprint density at radius 3 is 2.57 bits per heavy atom. The Balaban J connectivity index is 2.40. The van der Waals surface area contributed by atoms with Gasteiger partial charge in [0.2, 0.25) is 5.91 Å². The molecule has 0 saturated carbocycles. The number of amides is 1. The van der Waals surface area contributed by atoms with E-state index in [1.54, 1.807) is 31.2 Å². The molecule has 0 aromatic heterocycles. The lowest BCUT2D eigenvalue weighted by atomic mass is 10.1. The first kappa shape index (κ1) is 15.6. The molecular formula is C15H13Cl2FN2O. The van der Waals surface area contributed by atoms with Crippen LogP contribution in [0.3, 0.4) is 0 Å². The maximum absolute atomic E-state index is 13.4. The third kappa shape index (κ3) is 3.86. The van der Waals surface area contributed by atoms with E-state index in [0.29, 0.717) is 21.3 Å². The van der Waals surface area contributed by atoms with E-state index in [2.05, 4.69) is 5.32 Å². The Kier molecular flexibility index (Phi) is 4.70. The zero-order valence-electron chi connectivity index (χ0n) is 11.2. The molecule has 0 aliphatic heterocycles.